The molecule has 1 saturated heterocycles. The first kappa shape index (κ1) is 26.4. The van der Waals surface area contributed by atoms with E-state index in [-0.39, 0.29) is 30.9 Å². The molecule has 10 heteroatoms. The molecule has 1 fully saturated rings. The molecule has 0 aliphatic carbocycles. The third-order valence-electron chi connectivity index (χ3n) is 6.39. The number of aromatic nitrogens is 2. The molecule has 1 aliphatic rings. The van der Waals surface area contributed by atoms with E-state index in [2.05, 4.69) is 22.0 Å². The molecule has 0 saturated carbocycles. The smallest absolute Gasteiger partial charge is 0.308 e. The summed E-state index contributed by atoms with van der Waals surface area (Å²) in [5, 5.41) is 8.01. The lowest BCUT2D eigenvalue weighted by Crippen LogP contribution is -2.68. The molecule has 2 aromatic carbocycles. The summed E-state index contributed by atoms with van der Waals surface area (Å²) in [6, 6.07) is 13.5. The van der Waals surface area contributed by atoms with Crippen molar-refractivity contribution in [1.29, 1.82) is 0 Å². The van der Waals surface area contributed by atoms with Gasteiger partial charge in [-0.2, -0.15) is 5.10 Å². The Morgan fingerprint density at radius 2 is 1.71 bits per heavy atom. The fourth-order valence-electron chi connectivity index (χ4n) is 4.28. The Hall–Kier alpha value is -4.65. The minimum Gasteiger partial charge on any atom is -0.308 e. The van der Waals surface area contributed by atoms with Crippen molar-refractivity contribution in [3.63, 3.8) is 0 Å². The molecule has 38 heavy (non-hydrogen) atoms. The zero-order chi connectivity index (χ0) is 27.4. The minimum atomic E-state index is -1.61. The van der Waals surface area contributed by atoms with Gasteiger partial charge in [0.05, 0.1) is 5.69 Å². The largest absolute Gasteiger partial charge is 0.325 e. The van der Waals surface area contributed by atoms with Crippen molar-refractivity contribution in [2.24, 2.45) is 0 Å². The number of aryl methyl sites for hydroxylation is 1. The lowest BCUT2D eigenvalue weighted by atomic mass is 9.91. The van der Waals surface area contributed by atoms with Crippen molar-refractivity contribution in [3.8, 4) is 11.8 Å². The van der Waals surface area contributed by atoms with Crippen LogP contribution >= 0.6 is 0 Å². The maximum atomic E-state index is 15.1. The second-order valence-corrected chi connectivity index (χ2v) is 9.03. The molecule has 194 valence electrons. The van der Waals surface area contributed by atoms with Crippen LogP contribution in [-0.2, 0) is 9.59 Å². The quantitative estimate of drug-likeness (QED) is 0.389. The summed E-state index contributed by atoms with van der Waals surface area (Å²) >= 11 is 0. The highest BCUT2D eigenvalue weighted by Gasteiger charge is 2.49. The maximum Gasteiger partial charge on any atom is 0.325 e. The second-order valence-electron chi connectivity index (χ2n) is 9.03. The molecule has 1 unspecified atom stereocenters. The summed E-state index contributed by atoms with van der Waals surface area (Å²) in [6.07, 6.45) is 0.212. The Morgan fingerprint density at radius 1 is 1.05 bits per heavy atom. The number of amides is 3. The maximum absolute atomic E-state index is 15.1. The van der Waals surface area contributed by atoms with Gasteiger partial charge in [-0.15, -0.1) is 5.10 Å². The van der Waals surface area contributed by atoms with Crippen molar-refractivity contribution in [2.75, 3.05) is 29.9 Å². The van der Waals surface area contributed by atoms with Crippen LogP contribution in [0.2, 0.25) is 0 Å². The van der Waals surface area contributed by atoms with E-state index in [0.29, 0.717) is 17.5 Å². The van der Waals surface area contributed by atoms with Gasteiger partial charge < -0.3 is 9.69 Å². The molecule has 3 aromatic rings. The van der Waals surface area contributed by atoms with Gasteiger partial charge in [-0.25, -0.2) is 13.6 Å². The van der Waals surface area contributed by atoms with E-state index in [0.717, 1.165) is 21.9 Å². The van der Waals surface area contributed by atoms with E-state index < -0.39 is 34.8 Å². The van der Waals surface area contributed by atoms with Crippen LogP contribution in [0.1, 0.15) is 30.2 Å². The van der Waals surface area contributed by atoms with Crippen LogP contribution in [0.15, 0.2) is 54.6 Å². The van der Waals surface area contributed by atoms with Gasteiger partial charge in [-0.1, -0.05) is 30.0 Å². The molecule has 0 radical (unpaired) electrons. The number of carbonyl (C=O) groups excluding carboxylic acids is 3. The molecule has 3 amide bonds. The van der Waals surface area contributed by atoms with Gasteiger partial charge in [0.2, 0.25) is 0 Å². The fraction of sp³-hybridized carbons (Fsp3) is 0.250. The molecular weight excluding hydrogens is 492 g/mol. The van der Waals surface area contributed by atoms with E-state index in [1.54, 1.807) is 43.3 Å². The molecule has 4 rings (SSSR count). The minimum absolute atomic E-state index is 0.00131. The number of rotatable bonds is 4. The Kier molecular flexibility index (Phi) is 7.48. The number of aldehydes is 1. The monoisotopic (exact) mass is 517 g/mol. The van der Waals surface area contributed by atoms with Gasteiger partial charge in [0.25, 0.3) is 5.91 Å². The van der Waals surface area contributed by atoms with Crippen LogP contribution in [0.4, 0.5) is 25.1 Å². The van der Waals surface area contributed by atoms with Gasteiger partial charge in [0, 0.05) is 37.7 Å². The molecule has 1 atom stereocenters. The van der Waals surface area contributed by atoms with Crippen LogP contribution in [-0.4, -0.2) is 59.0 Å². The van der Waals surface area contributed by atoms with Crippen LogP contribution in [0, 0.1) is 30.4 Å². The van der Waals surface area contributed by atoms with Crippen molar-refractivity contribution < 1.29 is 23.2 Å². The molecular formula is C28H25F2N5O3. The summed E-state index contributed by atoms with van der Waals surface area (Å²) in [6.45, 7) is 3.25. The van der Waals surface area contributed by atoms with E-state index >= 15 is 8.78 Å². The van der Waals surface area contributed by atoms with Gasteiger partial charge >= 0.3 is 6.03 Å². The van der Waals surface area contributed by atoms with E-state index in [4.69, 9.17) is 0 Å². The summed E-state index contributed by atoms with van der Waals surface area (Å²) < 4.78 is 30.2. The molecule has 1 aliphatic heterocycles. The standard InChI is InChI=1S/C28H25F2N5O3/c1-19-9-12-24(32-31-19)34-14-15-35(28(2,13-16-36)26(34)37)27(38)33(3)25-22(29)17-21(18-23(25)30)11-10-20-7-5-4-6-8-20/h4-9,12,16-18H,13-15H2,1-3H3. The first-order valence-corrected chi connectivity index (χ1v) is 11.8. The summed E-state index contributed by atoms with van der Waals surface area (Å²) in [5.41, 5.74) is -0.755. The topological polar surface area (TPSA) is 86.7 Å². The average Bonchev–Trinajstić information content (AvgIpc) is 2.90. The first-order chi connectivity index (χ1) is 18.2. The Morgan fingerprint density at radius 3 is 2.32 bits per heavy atom. The Balaban J connectivity index is 1.61. The highest BCUT2D eigenvalue weighted by molar-refractivity contribution is 6.05. The number of hydrogen-bond acceptors (Lipinski definition) is 5. The number of halogens is 2. The fourth-order valence-corrected chi connectivity index (χ4v) is 4.28. The predicted molar refractivity (Wildman–Crippen MR) is 137 cm³/mol. The highest BCUT2D eigenvalue weighted by Crippen LogP contribution is 2.32. The summed E-state index contributed by atoms with van der Waals surface area (Å²) in [4.78, 5) is 41.8. The van der Waals surface area contributed by atoms with Gasteiger partial charge in [0.1, 0.15) is 17.5 Å². The van der Waals surface area contributed by atoms with E-state index in [1.807, 2.05) is 6.07 Å². The number of hydrogen-bond donors (Lipinski definition) is 0. The lowest BCUT2D eigenvalue weighted by Gasteiger charge is -2.47. The third-order valence-corrected chi connectivity index (χ3v) is 6.39. The number of benzene rings is 2. The number of piperazine rings is 1. The van der Waals surface area contributed by atoms with Crippen molar-refractivity contribution in [1.82, 2.24) is 15.1 Å². The van der Waals surface area contributed by atoms with Gasteiger partial charge in [-0.3, -0.25) is 14.6 Å². The van der Waals surface area contributed by atoms with Crippen LogP contribution < -0.4 is 9.80 Å². The van der Waals surface area contributed by atoms with Gasteiger partial charge in [-0.05, 0) is 50.2 Å². The van der Waals surface area contributed by atoms with Crippen molar-refractivity contribution >= 4 is 29.7 Å². The average molecular weight is 518 g/mol. The van der Waals surface area contributed by atoms with Crippen LogP contribution in [0.5, 0.6) is 0 Å². The van der Waals surface area contributed by atoms with E-state index in [1.165, 1.54) is 18.9 Å². The predicted octanol–water partition coefficient (Wildman–Crippen LogP) is 3.72. The van der Waals surface area contributed by atoms with Crippen LogP contribution in [0.25, 0.3) is 0 Å². The third kappa shape index (κ3) is 5.09. The summed E-state index contributed by atoms with van der Waals surface area (Å²) in [5.74, 6) is 3.30. The molecule has 0 bridgehead atoms. The second kappa shape index (κ2) is 10.8. The van der Waals surface area contributed by atoms with Crippen molar-refractivity contribution in [2.45, 2.75) is 25.8 Å². The summed E-state index contributed by atoms with van der Waals surface area (Å²) in [7, 11) is 1.21. The normalized spacial score (nSPS) is 17.0. The van der Waals surface area contributed by atoms with E-state index in [9.17, 15) is 14.4 Å². The molecule has 8 nitrogen and oxygen atoms in total. The number of nitrogens with zero attached hydrogens (tertiary/aromatic N) is 5. The molecule has 2 heterocycles. The number of anilines is 2. The van der Waals surface area contributed by atoms with Gasteiger partial charge in [0.15, 0.2) is 17.5 Å². The number of carbonyl (C=O) groups is 3. The van der Waals surface area contributed by atoms with Crippen LogP contribution in [0.3, 0.4) is 0 Å². The molecule has 0 spiro atoms. The molecule has 1 aromatic heterocycles. The zero-order valence-corrected chi connectivity index (χ0v) is 21.1. The lowest BCUT2D eigenvalue weighted by molar-refractivity contribution is -0.133. The Bertz CT molecular complexity index is 1410. The SMILES string of the molecule is Cc1ccc(N2CCN(C(=O)N(C)c3c(F)cc(C#Cc4ccccc4)cc3F)C(C)(CC=O)C2=O)nn1. The number of urea groups is 1. The highest BCUT2D eigenvalue weighted by atomic mass is 19.1. The van der Waals surface area contributed by atoms with Crippen molar-refractivity contribution in [3.05, 3.63) is 83.1 Å². The zero-order valence-electron chi connectivity index (χ0n) is 21.1. The first-order valence-electron chi connectivity index (χ1n) is 11.8. The Labute approximate surface area is 218 Å². The molecule has 0 N–H and O–H groups in total.